The minimum Gasteiger partial charge on any atom is -0.356 e. The second kappa shape index (κ2) is 6.03. The van der Waals surface area contributed by atoms with Crippen LogP contribution in [0.4, 0.5) is 0 Å². The Balaban J connectivity index is 1.60. The first-order valence-corrected chi connectivity index (χ1v) is 7.33. The molecule has 0 bridgehead atoms. The number of nitrogens with one attached hydrogen (secondary N) is 1. The van der Waals surface area contributed by atoms with Crippen LogP contribution in [0.15, 0.2) is 29.1 Å². The number of carbonyl (C=O) groups is 1. The number of nitrogens with zero attached hydrogens (tertiary/aromatic N) is 3. The summed E-state index contributed by atoms with van der Waals surface area (Å²) in [7, 11) is 0. The Morgan fingerprint density at radius 3 is 2.90 bits per heavy atom. The zero-order valence-corrected chi connectivity index (χ0v) is 11.8. The number of carbonyl (C=O) groups excluding carboxylic acids is 1. The molecule has 1 fully saturated rings. The van der Waals surface area contributed by atoms with Crippen molar-refractivity contribution < 1.29 is 4.79 Å². The molecule has 1 saturated carbocycles. The van der Waals surface area contributed by atoms with Gasteiger partial charge in [-0.05, 0) is 30.9 Å². The quantitative estimate of drug-likeness (QED) is 0.893. The van der Waals surface area contributed by atoms with Crippen LogP contribution in [0.5, 0.6) is 0 Å². The molecule has 0 saturated heterocycles. The first kappa shape index (κ1) is 13.7. The maximum Gasteiger partial charge on any atom is 0.277 e. The smallest absolute Gasteiger partial charge is 0.277 e. The Hall–Kier alpha value is -2.24. The average Bonchev–Trinajstić information content (AvgIpc) is 2.45. The molecule has 1 aromatic carbocycles. The fourth-order valence-electron chi connectivity index (χ4n) is 2.42. The van der Waals surface area contributed by atoms with Crippen LogP contribution in [0.3, 0.4) is 0 Å². The Kier molecular flexibility index (Phi) is 3.94. The van der Waals surface area contributed by atoms with Gasteiger partial charge in [-0.2, -0.15) is 0 Å². The largest absolute Gasteiger partial charge is 0.356 e. The lowest BCUT2D eigenvalue weighted by atomic mass is 9.85. The van der Waals surface area contributed by atoms with Crippen LogP contribution in [-0.4, -0.2) is 27.4 Å². The van der Waals surface area contributed by atoms with Gasteiger partial charge in [0.2, 0.25) is 5.91 Å². The highest BCUT2D eigenvalue weighted by Crippen LogP contribution is 2.25. The van der Waals surface area contributed by atoms with Gasteiger partial charge in [0.1, 0.15) is 5.52 Å². The molecular formula is C15H18N4O2. The average molecular weight is 286 g/mol. The van der Waals surface area contributed by atoms with Crippen molar-refractivity contribution in [2.75, 3.05) is 6.54 Å². The lowest BCUT2D eigenvalue weighted by molar-refractivity contribution is -0.121. The Labute approximate surface area is 122 Å². The Morgan fingerprint density at radius 1 is 1.33 bits per heavy atom. The maximum atomic E-state index is 12.2. The third-order valence-corrected chi connectivity index (χ3v) is 3.99. The second-order valence-electron chi connectivity index (χ2n) is 5.49. The third kappa shape index (κ3) is 3.09. The van der Waals surface area contributed by atoms with Crippen molar-refractivity contribution in [1.29, 1.82) is 0 Å². The molecule has 6 heteroatoms. The number of benzene rings is 1. The standard InChI is InChI=1S/C15H18N4O2/c20-14(16-10-11-4-3-5-11)8-9-19-15(21)12-6-1-2-7-13(12)17-18-19/h1-2,6-7,11H,3-5,8-10H2,(H,16,20). The van der Waals surface area contributed by atoms with Gasteiger partial charge in [-0.1, -0.05) is 23.8 Å². The Morgan fingerprint density at radius 2 is 2.14 bits per heavy atom. The topological polar surface area (TPSA) is 76.9 Å². The van der Waals surface area contributed by atoms with E-state index < -0.39 is 0 Å². The van der Waals surface area contributed by atoms with Gasteiger partial charge in [0.15, 0.2) is 0 Å². The first-order valence-electron chi connectivity index (χ1n) is 7.33. The number of hydrogen-bond donors (Lipinski definition) is 1. The van der Waals surface area contributed by atoms with Gasteiger partial charge in [-0.3, -0.25) is 9.59 Å². The molecule has 21 heavy (non-hydrogen) atoms. The van der Waals surface area contributed by atoms with Crippen LogP contribution in [0, 0.1) is 5.92 Å². The minimum absolute atomic E-state index is 0.0382. The summed E-state index contributed by atoms with van der Waals surface area (Å²) in [6, 6.07) is 7.08. The van der Waals surface area contributed by atoms with Crippen LogP contribution >= 0.6 is 0 Å². The van der Waals surface area contributed by atoms with E-state index in [1.54, 1.807) is 18.2 Å². The predicted octanol–water partition coefficient (Wildman–Crippen LogP) is 1.10. The number of fused-ring (bicyclic) bond motifs is 1. The van der Waals surface area contributed by atoms with Gasteiger partial charge >= 0.3 is 0 Å². The van der Waals surface area contributed by atoms with Crippen molar-refractivity contribution in [2.24, 2.45) is 5.92 Å². The summed E-state index contributed by atoms with van der Waals surface area (Å²) in [6.45, 7) is 1.00. The van der Waals surface area contributed by atoms with Crippen LogP contribution in [0.1, 0.15) is 25.7 Å². The van der Waals surface area contributed by atoms with E-state index in [1.807, 2.05) is 6.07 Å². The van der Waals surface area contributed by atoms with Gasteiger partial charge < -0.3 is 5.32 Å². The van der Waals surface area contributed by atoms with Crippen molar-refractivity contribution in [1.82, 2.24) is 20.3 Å². The molecule has 1 aliphatic carbocycles. The van der Waals surface area contributed by atoms with Crippen LogP contribution in [0.25, 0.3) is 10.9 Å². The number of aromatic nitrogens is 3. The minimum atomic E-state index is -0.201. The van der Waals surface area contributed by atoms with Crippen LogP contribution < -0.4 is 10.9 Å². The van der Waals surface area contributed by atoms with Crippen molar-refractivity contribution in [3.8, 4) is 0 Å². The van der Waals surface area contributed by atoms with Gasteiger partial charge in [0, 0.05) is 13.0 Å². The lowest BCUT2D eigenvalue weighted by Crippen LogP contribution is -2.33. The van der Waals surface area contributed by atoms with E-state index in [4.69, 9.17) is 0 Å². The number of aryl methyl sites for hydroxylation is 1. The molecular weight excluding hydrogens is 268 g/mol. The van der Waals surface area contributed by atoms with Crippen molar-refractivity contribution in [2.45, 2.75) is 32.2 Å². The highest BCUT2D eigenvalue weighted by Gasteiger charge is 2.17. The van der Waals surface area contributed by atoms with E-state index in [0.29, 0.717) is 16.8 Å². The van der Waals surface area contributed by atoms with Gasteiger partial charge in [0.05, 0.1) is 11.9 Å². The van der Waals surface area contributed by atoms with Gasteiger partial charge in [-0.25, -0.2) is 4.68 Å². The first-order chi connectivity index (χ1) is 10.2. The van der Waals surface area contributed by atoms with Crippen LogP contribution in [0.2, 0.25) is 0 Å². The van der Waals surface area contributed by atoms with Crippen LogP contribution in [-0.2, 0) is 11.3 Å². The van der Waals surface area contributed by atoms with Crippen molar-refractivity contribution in [3.05, 3.63) is 34.6 Å². The third-order valence-electron chi connectivity index (χ3n) is 3.99. The molecule has 3 rings (SSSR count). The molecule has 0 radical (unpaired) electrons. The van der Waals surface area contributed by atoms with Gasteiger partial charge in [0.25, 0.3) is 5.56 Å². The van der Waals surface area contributed by atoms with E-state index in [-0.39, 0.29) is 24.4 Å². The molecule has 1 aromatic heterocycles. The molecule has 1 heterocycles. The molecule has 110 valence electrons. The van der Waals surface area contributed by atoms with Crippen molar-refractivity contribution >= 4 is 16.8 Å². The fourth-order valence-corrected chi connectivity index (χ4v) is 2.42. The Bertz CT molecular complexity index is 706. The number of hydrogen-bond acceptors (Lipinski definition) is 4. The summed E-state index contributed by atoms with van der Waals surface area (Å²) in [5.41, 5.74) is 0.376. The molecule has 2 aromatic rings. The van der Waals surface area contributed by atoms with E-state index in [0.717, 1.165) is 6.54 Å². The van der Waals surface area contributed by atoms with Gasteiger partial charge in [-0.15, -0.1) is 5.10 Å². The second-order valence-corrected chi connectivity index (χ2v) is 5.49. The highest BCUT2D eigenvalue weighted by atomic mass is 16.2. The molecule has 1 amide bonds. The monoisotopic (exact) mass is 286 g/mol. The fraction of sp³-hybridized carbons (Fsp3) is 0.467. The van der Waals surface area contributed by atoms with E-state index >= 15 is 0 Å². The summed E-state index contributed by atoms with van der Waals surface area (Å²) in [6.07, 6.45) is 3.92. The summed E-state index contributed by atoms with van der Waals surface area (Å²) < 4.78 is 1.26. The predicted molar refractivity (Wildman–Crippen MR) is 78.8 cm³/mol. The summed E-state index contributed by atoms with van der Waals surface area (Å²) in [5, 5.41) is 11.3. The summed E-state index contributed by atoms with van der Waals surface area (Å²) in [4.78, 5) is 24.0. The van der Waals surface area contributed by atoms with E-state index in [1.165, 1.54) is 23.9 Å². The highest BCUT2D eigenvalue weighted by molar-refractivity contribution is 5.77. The lowest BCUT2D eigenvalue weighted by Gasteiger charge is -2.25. The molecule has 0 unspecified atom stereocenters. The van der Waals surface area contributed by atoms with E-state index in [2.05, 4.69) is 15.6 Å². The molecule has 1 aliphatic rings. The number of rotatable bonds is 5. The van der Waals surface area contributed by atoms with E-state index in [9.17, 15) is 9.59 Å². The summed E-state index contributed by atoms with van der Waals surface area (Å²) in [5.74, 6) is 0.598. The van der Waals surface area contributed by atoms with Crippen molar-refractivity contribution in [3.63, 3.8) is 0 Å². The zero-order valence-electron chi connectivity index (χ0n) is 11.8. The summed E-state index contributed by atoms with van der Waals surface area (Å²) >= 11 is 0. The normalized spacial score (nSPS) is 14.9. The number of amides is 1. The molecule has 0 atom stereocenters. The zero-order chi connectivity index (χ0) is 14.7. The SMILES string of the molecule is O=C(CCn1nnc2ccccc2c1=O)NCC1CCC1. The molecule has 0 aliphatic heterocycles. The molecule has 1 N–H and O–H groups in total. The molecule has 6 nitrogen and oxygen atoms in total. The maximum absolute atomic E-state index is 12.2. The molecule has 0 spiro atoms.